The number of nitrogens with one attached hydrogen (secondary N) is 1. The Kier molecular flexibility index (Phi) is 3.30. The Labute approximate surface area is 129 Å². The van der Waals surface area contributed by atoms with Gasteiger partial charge in [0, 0.05) is 24.2 Å². The van der Waals surface area contributed by atoms with Crippen molar-refractivity contribution in [3.63, 3.8) is 0 Å². The number of pyridine rings is 2. The lowest BCUT2D eigenvalue weighted by molar-refractivity contribution is 0.0931. The number of hydrogen-bond acceptors (Lipinski definition) is 6. The number of halogens is 1. The number of aliphatic hydroxyl groups is 1. The molecule has 108 valence electrons. The van der Waals surface area contributed by atoms with Crippen LogP contribution in [0.2, 0.25) is 5.02 Å². The van der Waals surface area contributed by atoms with Crippen LogP contribution in [0.5, 0.6) is 0 Å². The Balaban J connectivity index is 2.16. The van der Waals surface area contributed by atoms with Crippen molar-refractivity contribution in [1.82, 2.24) is 9.97 Å². The van der Waals surface area contributed by atoms with Crippen LogP contribution in [0.3, 0.4) is 0 Å². The monoisotopic (exact) mass is 313 g/mol. The molecule has 2 heterocycles. The van der Waals surface area contributed by atoms with Crippen LogP contribution in [0, 0.1) is 5.41 Å². The summed E-state index contributed by atoms with van der Waals surface area (Å²) in [6.07, 6.45) is 4.11. The van der Waals surface area contributed by atoms with Crippen LogP contribution in [0.4, 0.5) is 0 Å². The van der Waals surface area contributed by atoms with E-state index in [1.807, 2.05) is 0 Å². The standard InChI is InChI=1S/C15H8ClN3O3/c16-8-4-9-12(19-6-8)14(21)10(15(22)13(9)20)11(17)7-2-1-3-18-5-7/h1-6,17,22H. The summed E-state index contributed by atoms with van der Waals surface area (Å²) in [6.45, 7) is 0. The molecule has 2 N–H and O–H groups in total. The van der Waals surface area contributed by atoms with E-state index in [1.165, 1.54) is 24.7 Å². The van der Waals surface area contributed by atoms with Crippen LogP contribution >= 0.6 is 11.6 Å². The van der Waals surface area contributed by atoms with E-state index in [4.69, 9.17) is 17.0 Å². The molecular weight excluding hydrogens is 306 g/mol. The number of aliphatic hydroxyl groups excluding tert-OH is 1. The van der Waals surface area contributed by atoms with Gasteiger partial charge in [-0.05, 0) is 18.2 Å². The second kappa shape index (κ2) is 5.16. The second-order valence-corrected chi connectivity index (χ2v) is 4.98. The summed E-state index contributed by atoms with van der Waals surface area (Å²) in [7, 11) is 0. The Morgan fingerprint density at radius 1 is 1.23 bits per heavy atom. The summed E-state index contributed by atoms with van der Waals surface area (Å²) >= 11 is 5.76. The van der Waals surface area contributed by atoms with E-state index in [-0.39, 0.29) is 27.6 Å². The summed E-state index contributed by atoms with van der Waals surface area (Å²) in [4.78, 5) is 32.4. The summed E-state index contributed by atoms with van der Waals surface area (Å²) in [5.74, 6) is -2.26. The average molecular weight is 314 g/mol. The number of hydrogen-bond donors (Lipinski definition) is 2. The van der Waals surface area contributed by atoms with Gasteiger partial charge in [0.2, 0.25) is 11.6 Å². The Morgan fingerprint density at radius 2 is 2.00 bits per heavy atom. The molecule has 3 rings (SSSR count). The molecule has 2 aromatic rings. The predicted octanol–water partition coefficient (Wildman–Crippen LogP) is 2.39. The summed E-state index contributed by atoms with van der Waals surface area (Å²) in [5, 5.41) is 18.3. The highest BCUT2D eigenvalue weighted by Gasteiger charge is 2.36. The fourth-order valence-electron chi connectivity index (χ4n) is 2.15. The molecule has 0 spiro atoms. The van der Waals surface area contributed by atoms with E-state index in [1.54, 1.807) is 12.1 Å². The Bertz CT molecular complexity index is 860. The van der Waals surface area contributed by atoms with Crippen LogP contribution < -0.4 is 0 Å². The normalized spacial score (nSPS) is 14.0. The molecule has 0 bridgehead atoms. The molecule has 0 unspecified atom stereocenters. The van der Waals surface area contributed by atoms with E-state index >= 15 is 0 Å². The van der Waals surface area contributed by atoms with Gasteiger partial charge in [0.15, 0.2) is 5.76 Å². The first-order valence-corrected chi connectivity index (χ1v) is 6.56. The molecule has 1 aliphatic rings. The Hall–Kier alpha value is -2.86. The third kappa shape index (κ3) is 2.10. The number of aromatic nitrogens is 2. The van der Waals surface area contributed by atoms with Crippen LogP contribution in [0.1, 0.15) is 26.4 Å². The number of carbonyl (C=O) groups is 2. The van der Waals surface area contributed by atoms with Crippen molar-refractivity contribution >= 4 is 28.9 Å². The van der Waals surface area contributed by atoms with Crippen molar-refractivity contribution in [2.45, 2.75) is 0 Å². The van der Waals surface area contributed by atoms with Gasteiger partial charge in [0.25, 0.3) is 0 Å². The van der Waals surface area contributed by atoms with Crippen LogP contribution in [0.15, 0.2) is 48.1 Å². The van der Waals surface area contributed by atoms with Crippen molar-refractivity contribution in [2.24, 2.45) is 0 Å². The molecule has 1 aliphatic carbocycles. The number of ketones is 2. The highest BCUT2D eigenvalue weighted by molar-refractivity contribution is 6.39. The van der Waals surface area contributed by atoms with E-state index in [2.05, 4.69) is 9.97 Å². The number of fused-ring (bicyclic) bond motifs is 1. The predicted molar refractivity (Wildman–Crippen MR) is 78.6 cm³/mol. The number of allylic oxidation sites excluding steroid dienone is 2. The zero-order valence-corrected chi connectivity index (χ0v) is 11.8. The third-order valence-electron chi connectivity index (χ3n) is 3.19. The van der Waals surface area contributed by atoms with Gasteiger partial charge in [-0.25, -0.2) is 0 Å². The SMILES string of the molecule is N=C(C1=C(O)C(=O)c2cc(Cl)cnc2C1=O)c1cccnc1. The maximum absolute atomic E-state index is 12.5. The third-order valence-corrected chi connectivity index (χ3v) is 3.40. The molecule has 0 aliphatic heterocycles. The van der Waals surface area contributed by atoms with Gasteiger partial charge in [-0.2, -0.15) is 0 Å². The van der Waals surface area contributed by atoms with Crippen LogP contribution in [0.25, 0.3) is 0 Å². The van der Waals surface area contributed by atoms with Gasteiger partial charge in [0.1, 0.15) is 5.69 Å². The number of Topliss-reactive ketones (excluding diaryl/α,β-unsaturated/α-hetero) is 2. The highest BCUT2D eigenvalue weighted by Crippen LogP contribution is 2.27. The molecule has 0 atom stereocenters. The van der Waals surface area contributed by atoms with Crippen LogP contribution in [-0.4, -0.2) is 32.4 Å². The summed E-state index contributed by atoms with van der Waals surface area (Å²) < 4.78 is 0. The van der Waals surface area contributed by atoms with E-state index in [9.17, 15) is 14.7 Å². The molecule has 0 saturated heterocycles. The minimum Gasteiger partial charge on any atom is -0.504 e. The topological polar surface area (TPSA) is 104 Å². The van der Waals surface area contributed by atoms with Gasteiger partial charge >= 0.3 is 0 Å². The molecule has 0 saturated carbocycles. The lowest BCUT2D eigenvalue weighted by atomic mass is 9.87. The molecule has 0 fully saturated rings. The van der Waals surface area contributed by atoms with Gasteiger partial charge in [-0.1, -0.05) is 11.6 Å². The molecular formula is C15H8ClN3O3. The molecule has 22 heavy (non-hydrogen) atoms. The van der Waals surface area contributed by atoms with Gasteiger partial charge < -0.3 is 5.11 Å². The molecule has 6 nitrogen and oxygen atoms in total. The van der Waals surface area contributed by atoms with E-state index in [0.29, 0.717) is 5.56 Å². The zero-order chi connectivity index (χ0) is 15.9. The molecule has 0 radical (unpaired) electrons. The zero-order valence-electron chi connectivity index (χ0n) is 11.0. The fraction of sp³-hybridized carbons (Fsp3) is 0. The summed E-state index contributed by atoms with van der Waals surface area (Å²) in [6, 6.07) is 4.41. The first kappa shape index (κ1) is 14.1. The molecule has 0 aromatic carbocycles. The fourth-order valence-corrected chi connectivity index (χ4v) is 2.31. The van der Waals surface area contributed by atoms with Gasteiger partial charge in [-0.15, -0.1) is 0 Å². The van der Waals surface area contributed by atoms with E-state index < -0.39 is 17.3 Å². The van der Waals surface area contributed by atoms with Crippen molar-refractivity contribution in [3.05, 3.63) is 70.0 Å². The lowest BCUT2D eigenvalue weighted by Gasteiger charge is -2.17. The number of rotatable bonds is 2. The average Bonchev–Trinajstić information content (AvgIpc) is 2.53. The number of nitrogens with zero attached hydrogens (tertiary/aromatic N) is 2. The highest BCUT2D eigenvalue weighted by atomic mass is 35.5. The van der Waals surface area contributed by atoms with Gasteiger partial charge in [0.05, 0.1) is 21.9 Å². The van der Waals surface area contributed by atoms with Crippen LogP contribution in [-0.2, 0) is 0 Å². The Morgan fingerprint density at radius 3 is 2.68 bits per heavy atom. The minimum atomic E-state index is -0.784. The minimum absolute atomic E-state index is 0.0715. The summed E-state index contributed by atoms with van der Waals surface area (Å²) in [5.41, 5.74) is -0.567. The molecule has 2 aromatic heterocycles. The maximum Gasteiger partial charge on any atom is 0.230 e. The smallest absolute Gasteiger partial charge is 0.230 e. The second-order valence-electron chi connectivity index (χ2n) is 4.55. The van der Waals surface area contributed by atoms with Gasteiger partial charge in [-0.3, -0.25) is 25.0 Å². The maximum atomic E-state index is 12.5. The largest absolute Gasteiger partial charge is 0.504 e. The van der Waals surface area contributed by atoms with Crippen molar-refractivity contribution < 1.29 is 14.7 Å². The van der Waals surface area contributed by atoms with Crippen molar-refractivity contribution in [3.8, 4) is 0 Å². The van der Waals surface area contributed by atoms with Crippen molar-refractivity contribution in [2.75, 3.05) is 0 Å². The number of carbonyl (C=O) groups excluding carboxylic acids is 2. The lowest BCUT2D eigenvalue weighted by Crippen LogP contribution is -2.27. The van der Waals surface area contributed by atoms with Crippen molar-refractivity contribution in [1.29, 1.82) is 5.41 Å². The quantitative estimate of drug-likeness (QED) is 0.828. The molecule has 0 amide bonds. The first-order valence-electron chi connectivity index (χ1n) is 6.18. The molecule has 7 heteroatoms. The van der Waals surface area contributed by atoms with E-state index in [0.717, 1.165) is 0 Å². The first-order chi connectivity index (χ1) is 10.5.